The molecule has 0 saturated carbocycles. The van der Waals surface area contributed by atoms with Gasteiger partial charge in [0.15, 0.2) is 0 Å². The second-order valence-electron chi connectivity index (χ2n) is 8.17. The molecule has 0 atom stereocenters. The first-order chi connectivity index (χ1) is 16.2. The van der Waals surface area contributed by atoms with Crippen LogP contribution in [0, 0.1) is 0 Å². The predicted octanol–water partition coefficient (Wildman–Crippen LogP) is 6.80. The summed E-state index contributed by atoms with van der Waals surface area (Å²) in [4.78, 5) is 12.8. The third kappa shape index (κ3) is 5.24. The number of aryl methyl sites for hydroxylation is 2. The molecule has 0 radical (unpaired) electrons. The summed E-state index contributed by atoms with van der Waals surface area (Å²) in [5.41, 5.74) is 5.08. The van der Waals surface area contributed by atoms with E-state index in [1.807, 2.05) is 78.9 Å². The highest BCUT2D eigenvalue weighted by Gasteiger charge is 2.12. The highest BCUT2D eigenvalue weighted by atomic mass is 16.5. The highest BCUT2D eigenvalue weighted by molar-refractivity contribution is 6.04. The molecular formula is C29H25NO3. The van der Waals surface area contributed by atoms with E-state index in [4.69, 9.17) is 9.47 Å². The second kappa shape index (κ2) is 9.61. The van der Waals surface area contributed by atoms with Crippen LogP contribution < -0.4 is 14.8 Å². The summed E-state index contributed by atoms with van der Waals surface area (Å²) >= 11 is 0. The van der Waals surface area contributed by atoms with Crippen LogP contribution in [0.2, 0.25) is 0 Å². The molecule has 1 aliphatic carbocycles. The van der Waals surface area contributed by atoms with Gasteiger partial charge in [-0.15, -0.1) is 0 Å². The van der Waals surface area contributed by atoms with E-state index in [0.29, 0.717) is 23.6 Å². The first kappa shape index (κ1) is 20.8. The van der Waals surface area contributed by atoms with Crippen LogP contribution in [0.4, 0.5) is 5.69 Å². The Kier molecular flexibility index (Phi) is 6.07. The molecule has 1 aliphatic rings. The van der Waals surface area contributed by atoms with Crippen molar-refractivity contribution in [1.29, 1.82) is 0 Å². The van der Waals surface area contributed by atoms with Crippen molar-refractivity contribution in [1.82, 2.24) is 0 Å². The topological polar surface area (TPSA) is 47.6 Å². The number of carbonyl (C=O) groups excluding carboxylic acids is 1. The molecule has 0 fully saturated rings. The zero-order chi connectivity index (χ0) is 22.5. The number of anilines is 1. The number of benzene rings is 4. The molecule has 164 valence electrons. The van der Waals surface area contributed by atoms with Crippen molar-refractivity contribution < 1.29 is 14.3 Å². The summed E-state index contributed by atoms with van der Waals surface area (Å²) in [5, 5.41) is 2.94. The molecular weight excluding hydrogens is 410 g/mol. The van der Waals surface area contributed by atoms with Gasteiger partial charge in [-0.1, -0.05) is 36.4 Å². The average Bonchev–Trinajstić information content (AvgIpc) is 3.33. The molecule has 0 aliphatic heterocycles. The fourth-order valence-electron chi connectivity index (χ4n) is 4.04. The Bertz CT molecular complexity index is 1250. The molecule has 33 heavy (non-hydrogen) atoms. The summed E-state index contributed by atoms with van der Waals surface area (Å²) in [5.74, 6) is 2.20. The van der Waals surface area contributed by atoms with E-state index in [1.54, 1.807) is 6.07 Å². The van der Waals surface area contributed by atoms with Gasteiger partial charge in [-0.2, -0.15) is 0 Å². The molecule has 4 aromatic carbocycles. The molecule has 0 saturated heterocycles. The number of hydrogen-bond donors (Lipinski definition) is 1. The van der Waals surface area contributed by atoms with Crippen LogP contribution in [-0.4, -0.2) is 5.91 Å². The summed E-state index contributed by atoms with van der Waals surface area (Å²) in [6.07, 6.45) is 3.51. The van der Waals surface area contributed by atoms with Gasteiger partial charge in [-0.3, -0.25) is 4.79 Å². The fraction of sp³-hybridized carbons (Fsp3) is 0.138. The maximum absolute atomic E-state index is 12.8. The van der Waals surface area contributed by atoms with Crippen molar-refractivity contribution in [2.24, 2.45) is 0 Å². The maximum atomic E-state index is 12.8. The van der Waals surface area contributed by atoms with E-state index in [2.05, 4.69) is 17.4 Å². The third-order valence-electron chi connectivity index (χ3n) is 5.76. The monoisotopic (exact) mass is 435 g/mol. The highest BCUT2D eigenvalue weighted by Crippen LogP contribution is 2.27. The van der Waals surface area contributed by atoms with Gasteiger partial charge < -0.3 is 14.8 Å². The van der Waals surface area contributed by atoms with E-state index in [1.165, 1.54) is 17.5 Å². The van der Waals surface area contributed by atoms with Gasteiger partial charge in [0.2, 0.25) is 0 Å². The van der Waals surface area contributed by atoms with Crippen LogP contribution >= 0.6 is 0 Å². The van der Waals surface area contributed by atoms with Gasteiger partial charge in [0.1, 0.15) is 23.9 Å². The van der Waals surface area contributed by atoms with Crippen LogP contribution in [-0.2, 0) is 19.4 Å². The van der Waals surface area contributed by atoms with Crippen LogP contribution in [0.15, 0.2) is 97.1 Å². The number of ether oxygens (including phenoxy) is 2. The van der Waals surface area contributed by atoms with E-state index in [-0.39, 0.29) is 5.91 Å². The van der Waals surface area contributed by atoms with Gasteiger partial charge >= 0.3 is 0 Å². The molecule has 0 unspecified atom stereocenters. The SMILES string of the molecule is O=C(Nc1ccc(Oc2ccccc2)cc1)c1cccc(COc2ccc3c(c2)CCC3)c1. The number of carbonyl (C=O) groups is 1. The van der Waals surface area contributed by atoms with Crippen LogP contribution in [0.3, 0.4) is 0 Å². The van der Waals surface area contributed by atoms with Crippen LogP contribution in [0.5, 0.6) is 17.2 Å². The molecule has 0 bridgehead atoms. The molecule has 0 spiro atoms. The van der Waals surface area contributed by atoms with Gasteiger partial charge in [0.25, 0.3) is 5.91 Å². The largest absolute Gasteiger partial charge is 0.489 e. The number of hydrogen-bond acceptors (Lipinski definition) is 3. The molecule has 5 rings (SSSR count). The van der Waals surface area contributed by atoms with E-state index in [0.717, 1.165) is 29.9 Å². The normalized spacial score (nSPS) is 12.1. The molecule has 4 heteroatoms. The van der Waals surface area contributed by atoms with Gasteiger partial charge in [-0.05, 0) is 96.6 Å². The van der Waals surface area contributed by atoms with Crippen LogP contribution in [0.25, 0.3) is 0 Å². The maximum Gasteiger partial charge on any atom is 0.255 e. The summed E-state index contributed by atoms with van der Waals surface area (Å²) in [6, 6.07) is 30.8. The number of para-hydroxylation sites is 1. The third-order valence-corrected chi connectivity index (χ3v) is 5.76. The van der Waals surface area contributed by atoms with E-state index in [9.17, 15) is 4.79 Å². The molecule has 4 aromatic rings. The van der Waals surface area contributed by atoms with Gasteiger partial charge in [-0.25, -0.2) is 0 Å². The Hall–Kier alpha value is -4.05. The van der Waals surface area contributed by atoms with Crippen molar-refractivity contribution in [2.45, 2.75) is 25.9 Å². The number of nitrogens with one attached hydrogen (secondary N) is 1. The van der Waals surface area contributed by atoms with Crippen molar-refractivity contribution in [3.05, 3.63) is 119 Å². The number of rotatable bonds is 7. The summed E-state index contributed by atoms with van der Waals surface area (Å²) < 4.78 is 11.8. The Morgan fingerprint density at radius 2 is 1.48 bits per heavy atom. The zero-order valence-electron chi connectivity index (χ0n) is 18.3. The minimum atomic E-state index is -0.161. The quantitative estimate of drug-likeness (QED) is 0.347. The van der Waals surface area contributed by atoms with Crippen molar-refractivity contribution in [3.63, 3.8) is 0 Å². The standard InChI is InChI=1S/C29H25NO3/c31-29(30-25-13-16-27(17-14-25)33-26-10-2-1-3-11-26)24-9-4-6-21(18-24)20-32-28-15-12-22-7-5-8-23(22)19-28/h1-4,6,9-19H,5,7-8,20H2,(H,30,31). The molecule has 0 aromatic heterocycles. The minimum absolute atomic E-state index is 0.161. The van der Waals surface area contributed by atoms with Gasteiger partial charge in [0, 0.05) is 11.3 Å². The Morgan fingerprint density at radius 1 is 0.727 bits per heavy atom. The van der Waals surface area contributed by atoms with E-state index < -0.39 is 0 Å². The molecule has 1 N–H and O–H groups in total. The van der Waals surface area contributed by atoms with Crippen molar-refractivity contribution >= 4 is 11.6 Å². The first-order valence-corrected chi connectivity index (χ1v) is 11.2. The fourth-order valence-corrected chi connectivity index (χ4v) is 4.04. The summed E-state index contributed by atoms with van der Waals surface area (Å²) in [6.45, 7) is 0.422. The van der Waals surface area contributed by atoms with Crippen molar-refractivity contribution in [2.75, 3.05) is 5.32 Å². The lowest BCUT2D eigenvalue weighted by atomic mass is 10.1. The minimum Gasteiger partial charge on any atom is -0.489 e. The predicted molar refractivity (Wildman–Crippen MR) is 130 cm³/mol. The van der Waals surface area contributed by atoms with Crippen LogP contribution in [0.1, 0.15) is 33.5 Å². The molecule has 0 heterocycles. The Morgan fingerprint density at radius 3 is 2.33 bits per heavy atom. The lowest BCUT2D eigenvalue weighted by Crippen LogP contribution is -2.12. The lowest BCUT2D eigenvalue weighted by molar-refractivity contribution is 0.102. The summed E-state index contributed by atoms with van der Waals surface area (Å²) in [7, 11) is 0. The smallest absolute Gasteiger partial charge is 0.255 e. The Labute approximate surface area is 193 Å². The molecule has 4 nitrogen and oxygen atoms in total. The van der Waals surface area contributed by atoms with Gasteiger partial charge in [0.05, 0.1) is 0 Å². The number of amides is 1. The average molecular weight is 436 g/mol. The zero-order valence-corrected chi connectivity index (χ0v) is 18.3. The number of fused-ring (bicyclic) bond motifs is 1. The Balaban J connectivity index is 1.19. The second-order valence-corrected chi connectivity index (χ2v) is 8.17. The van der Waals surface area contributed by atoms with E-state index >= 15 is 0 Å². The van der Waals surface area contributed by atoms with Crippen molar-refractivity contribution in [3.8, 4) is 17.2 Å². The first-order valence-electron chi connectivity index (χ1n) is 11.2. The lowest BCUT2D eigenvalue weighted by Gasteiger charge is -2.10. The molecule has 1 amide bonds.